The van der Waals surface area contributed by atoms with Gasteiger partial charge in [0.25, 0.3) is 0 Å². The molecule has 0 atom stereocenters. The van der Waals surface area contributed by atoms with Crippen molar-refractivity contribution in [3.05, 3.63) is 85.1 Å². The standard InChI is InChI=1S/C22H16N/c1-15-12-18-13-17-10-9-16-6-2-3-7-19(16)20(17)14-21(18)22-8-4-5-11-23(15)22/h2-11,13-14H,1,12H2/q+1. The average Bonchev–Trinajstić information content (AvgIpc) is 2.60. The second kappa shape index (κ2) is 4.53. The molecule has 1 nitrogen and oxygen atoms in total. The maximum atomic E-state index is 4.25. The summed E-state index contributed by atoms with van der Waals surface area (Å²) >= 11 is 0. The Labute approximate surface area is 135 Å². The van der Waals surface area contributed by atoms with Gasteiger partial charge in [-0.25, -0.2) is 0 Å². The fraction of sp³-hybridized carbons (Fsp3) is 0.0455. The Kier molecular flexibility index (Phi) is 2.48. The number of hydrogen-bond donors (Lipinski definition) is 0. The summed E-state index contributed by atoms with van der Waals surface area (Å²) < 4.78 is 2.21. The molecule has 3 aromatic carbocycles. The quantitative estimate of drug-likeness (QED) is 0.318. The Morgan fingerprint density at radius 1 is 0.783 bits per heavy atom. The Balaban J connectivity index is 1.92. The van der Waals surface area contributed by atoms with Gasteiger partial charge in [0.2, 0.25) is 5.69 Å². The summed E-state index contributed by atoms with van der Waals surface area (Å²) in [5, 5.41) is 5.24. The minimum Gasteiger partial charge on any atom is -0.164 e. The molecule has 0 saturated heterocycles. The van der Waals surface area contributed by atoms with Crippen molar-refractivity contribution in [2.45, 2.75) is 6.42 Å². The van der Waals surface area contributed by atoms with Gasteiger partial charge < -0.3 is 0 Å². The number of fused-ring (bicyclic) bond motifs is 6. The van der Waals surface area contributed by atoms with Gasteiger partial charge in [-0.1, -0.05) is 36.4 Å². The molecule has 0 unspecified atom stereocenters. The lowest BCUT2D eigenvalue weighted by Crippen LogP contribution is -2.37. The van der Waals surface area contributed by atoms with Crippen LogP contribution in [0.5, 0.6) is 0 Å². The molecule has 0 radical (unpaired) electrons. The van der Waals surface area contributed by atoms with Gasteiger partial charge in [0.05, 0.1) is 12.0 Å². The van der Waals surface area contributed by atoms with Crippen molar-refractivity contribution in [3.8, 4) is 11.3 Å². The Morgan fingerprint density at radius 2 is 1.61 bits per heavy atom. The highest BCUT2D eigenvalue weighted by atomic mass is 15.0. The van der Waals surface area contributed by atoms with Gasteiger partial charge in [-0.05, 0) is 51.9 Å². The molecule has 0 fully saturated rings. The zero-order chi connectivity index (χ0) is 15.4. The second-order valence-corrected chi connectivity index (χ2v) is 6.22. The molecule has 5 rings (SSSR count). The van der Waals surface area contributed by atoms with Crippen LogP contribution < -0.4 is 4.57 Å². The van der Waals surface area contributed by atoms with Crippen LogP contribution in [0.1, 0.15) is 5.56 Å². The Bertz CT molecular complexity index is 1110. The molecule has 108 valence electrons. The predicted octanol–water partition coefficient (Wildman–Crippen LogP) is 4.97. The summed E-state index contributed by atoms with van der Waals surface area (Å²) in [6.45, 7) is 4.25. The lowest BCUT2D eigenvalue weighted by Gasteiger charge is -2.17. The fourth-order valence-electron chi connectivity index (χ4n) is 3.73. The number of allylic oxidation sites excluding steroid dienone is 1. The van der Waals surface area contributed by atoms with Crippen molar-refractivity contribution in [1.29, 1.82) is 0 Å². The fourth-order valence-corrected chi connectivity index (χ4v) is 3.73. The van der Waals surface area contributed by atoms with Gasteiger partial charge in [-0.2, -0.15) is 4.57 Å². The van der Waals surface area contributed by atoms with Crippen LogP contribution in [0.15, 0.2) is 79.5 Å². The van der Waals surface area contributed by atoms with E-state index >= 15 is 0 Å². The molecule has 0 N–H and O–H groups in total. The molecule has 1 heteroatoms. The van der Waals surface area contributed by atoms with Crippen LogP contribution >= 0.6 is 0 Å². The lowest BCUT2D eigenvalue weighted by molar-refractivity contribution is -0.572. The van der Waals surface area contributed by atoms with Crippen LogP contribution in [0.4, 0.5) is 0 Å². The van der Waals surface area contributed by atoms with E-state index in [0.29, 0.717) is 0 Å². The van der Waals surface area contributed by atoms with E-state index in [1.54, 1.807) is 0 Å². The third-order valence-corrected chi connectivity index (χ3v) is 4.84. The molecular weight excluding hydrogens is 278 g/mol. The summed E-state index contributed by atoms with van der Waals surface area (Å²) in [5.41, 5.74) is 5.05. The first-order valence-electron chi connectivity index (χ1n) is 7.95. The summed E-state index contributed by atoms with van der Waals surface area (Å²) in [5.74, 6) is 0. The van der Waals surface area contributed by atoms with E-state index in [9.17, 15) is 0 Å². The first-order chi connectivity index (χ1) is 11.3. The molecule has 4 aromatic rings. The van der Waals surface area contributed by atoms with E-state index < -0.39 is 0 Å². The van der Waals surface area contributed by atoms with Crippen molar-refractivity contribution in [2.24, 2.45) is 0 Å². The summed E-state index contributed by atoms with van der Waals surface area (Å²) in [6, 6.07) is 24.1. The first kappa shape index (κ1) is 12.6. The van der Waals surface area contributed by atoms with E-state index in [-0.39, 0.29) is 0 Å². The molecule has 0 aliphatic carbocycles. The van der Waals surface area contributed by atoms with Crippen LogP contribution in [0.25, 0.3) is 38.5 Å². The topological polar surface area (TPSA) is 3.88 Å². The minimum absolute atomic E-state index is 0.903. The van der Waals surface area contributed by atoms with E-state index in [1.165, 1.54) is 38.4 Å². The average molecular weight is 294 g/mol. The smallest absolute Gasteiger partial charge is 0.164 e. The van der Waals surface area contributed by atoms with Crippen LogP contribution in [-0.2, 0) is 6.42 Å². The Morgan fingerprint density at radius 3 is 2.57 bits per heavy atom. The Hall–Kier alpha value is -2.93. The highest BCUT2D eigenvalue weighted by Crippen LogP contribution is 2.35. The van der Waals surface area contributed by atoms with Gasteiger partial charge in [-0.3, -0.25) is 0 Å². The third kappa shape index (κ3) is 1.77. The van der Waals surface area contributed by atoms with Gasteiger partial charge >= 0.3 is 0 Å². The zero-order valence-electron chi connectivity index (χ0n) is 12.8. The predicted molar refractivity (Wildman–Crippen MR) is 96.1 cm³/mol. The number of aromatic nitrogens is 1. The summed E-state index contributed by atoms with van der Waals surface area (Å²) in [4.78, 5) is 0. The van der Waals surface area contributed by atoms with Crippen LogP contribution in [-0.4, -0.2) is 0 Å². The number of rotatable bonds is 0. The normalized spacial score (nSPS) is 13.1. The van der Waals surface area contributed by atoms with Gasteiger partial charge in [0.15, 0.2) is 11.9 Å². The van der Waals surface area contributed by atoms with Crippen LogP contribution in [0.2, 0.25) is 0 Å². The molecule has 0 bridgehead atoms. The van der Waals surface area contributed by atoms with Gasteiger partial charge in [0, 0.05) is 12.1 Å². The molecule has 0 saturated carbocycles. The first-order valence-corrected chi connectivity index (χ1v) is 7.95. The molecular formula is C22H16N+. The lowest BCUT2D eigenvalue weighted by atomic mass is 9.90. The zero-order valence-corrected chi connectivity index (χ0v) is 12.8. The summed E-state index contributed by atoms with van der Waals surface area (Å²) in [6.07, 6.45) is 3.01. The van der Waals surface area contributed by atoms with E-state index in [0.717, 1.165) is 12.1 Å². The largest absolute Gasteiger partial charge is 0.218 e. The van der Waals surface area contributed by atoms with Crippen molar-refractivity contribution in [1.82, 2.24) is 0 Å². The van der Waals surface area contributed by atoms with E-state index in [1.807, 2.05) is 0 Å². The molecule has 0 spiro atoms. The van der Waals surface area contributed by atoms with E-state index in [2.05, 4.69) is 84.1 Å². The maximum Gasteiger partial charge on any atom is 0.218 e. The van der Waals surface area contributed by atoms with Gasteiger partial charge in [0.1, 0.15) is 0 Å². The number of pyridine rings is 1. The molecule has 1 aliphatic heterocycles. The maximum absolute atomic E-state index is 4.25. The molecule has 1 aromatic heterocycles. The van der Waals surface area contributed by atoms with E-state index in [4.69, 9.17) is 0 Å². The number of nitrogens with zero attached hydrogens (tertiary/aromatic N) is 1. The second-order valence-electron chi connectivity index (χ2n) is 6.22. The SMILES string of the molecule is C=C1Cc2cc3ccc4ccccc4c3cc2-c2cccc[n+]21. The highest BCUT2D eigenvalue weighted by Gasteiger charge is 2.26. The number of benzene rings is 3. The third-order valence-electron chi connectivity index (χ3n) is 4.84. The van der Waals surface area contributed by atoms with Gasteiger partial charge in [-0.15, -0.1) is 0 Å². The molecule has 0 amide bonds. The molecule has 1 aliphatic rings. The molecule has 23 heavy (non-hydrogen) atoms. The van der Waals surface area contributed by atoms with Crippen molar-refractivity contribution in [2.75, 3.05) is 0 Å². The van der Waals surface area contributed by atoms with Crippen LogP contribution in [0, 0.1) is 0 Å². The summed E-state index contributed by atoms with van der Waals surface area (Å²) in [7, 11) is 0. The molecule has 2 heterocycles. The monoisotopic (exact) mass is 294 g/mol. The van der Waals surface area contributed by atoms with Crippen LogP contribution in [0.3, 0.4) is 0 Å². The highest BCUT2D eigenvalue weighted by molar-refractivity contribution is 6.09. The van der Waals surface area contributed by atoms with Crippen molar-refractivity contribution < 1.29 is 4.57 Å². The van der Waals surface area contributed by atoms with Crippen molar-refractivity contribution in [3.63, 3.8) is 0 Å². The minimum atomic E-state index is 0.903. The van der Waals surface area contributed by atoms with Crippen molar-refractivity contribution >= 4 is 27.2 Å². The number of hydrogen-bond acceptors (Lipinski definition) is 0.